The number of imide groups is 1. The number of aromatic nitrogens is 2. The minimum atomic E-state index is -2.77. The van der Waals surface area contributed by atoms with Crippen molar-refractivity contribution in [3.63, 3.8) is 0 Å². The third kappa shape index (κ3) is 2.83. The molecule has 1 aliphatic heterocycles. The van der Waals surface area contributed by atoms with Crippen LogP contribution >= 0.6 is 0 Å². The van der Waals surface area contributed by atoms with Crippen LogP contribution in [0.2, 0.25) is 0 Å². The van der Waals surface area contributed by atoms with E-state index in [9.17, 15) is 18.4 Å². The number of alkyl halides is 2. The molecule has 0 saturated carbocycles. The van der Waals surface area contributed by atoms with Crippen molar-refractivity contribution in [1.82, 2.24) is 14.5 Å². The summed E-state index contributed by atoms with van der Waals surface area (Å²) in [5.41, 5.74) is 0.897. The molecule has 1 atom stereocenters. The van der Waals surface area contributed by atoms with Gasteiger partial charge in [-0.05, 0) is 18.9 Å². The lowest BCUT2D eigenvalue weighted by molar-refractivity contribution is -0.141. The molecule has 0 bridgehead atoms. The zero-order chi connectivity index (χ0) is 18.2. The maximum absolute atomic E-state index is 13.0. The highest BCUT2D eigenvalue weighted by Crippen LogP contribution is 2.40. The van der Waals surface area contributed by atoms with Crippen LogP contribution in [-0.4, -0.2) is 26.3 Å². The van der Waals surface area contributed by atoms with E-state index < -0.39 is 12.0 Å². The molecule has 3 rings (SSSR count). The van der Waals surface area contributed by atoms with Crippen molar-refractivity contribution in [2.45, 2.75) is 45.2 Å². The van der Waals surface area contributed by atoms with E-state index in [0.29, 0.717) is 11.0 Å². The number of likely N-dealkylation sites (tertiary alicyclic amines) is 1. The maximum Gasteiger partial charge on any atom is 0.319 e. The van der Waals surface area contributed by atoms with Gasteiger partial charge in [0.25, 0.3) is 0 Å². The first-order valence-corrected chi connectivity index (χ1v) is 8.11. The predicted octanol–water partition coefficient (Wildman–Crippen LogP) is 3.19. The number of aryl methyl sites for hydroxylation is 1. The van der Waals surface area contributed by atoms with Crippen molar-refractivity contribution in [3.05, 3.63) is 53.6 Å². The van der Waals surface area contributed by atoms with Crippen molar-refractivity contribution >= 4 is 11.8 Å². The van der Waals surface area contributed by atoms with Gasteiger partial charge < -0.3 is 0 Å². The van der Waals surface area contributed by atoms with Gasteiger partial charge in [0.1, 0.15) is 5.82 Å². The van der Waals surface area contributed by atoms with E-state index >= 15 is 0 Å². The number of hydrogen-bond acceptors (Lipinski definition) is 3. The van der Waals surface area contributed by atoms with E-state index in [-0.39, 0.29) is 30.6 Å². The molecule has 5 nitrogen and oxygen atoms in total. The van der Waals surface area contributed by atoms with Crippen LogP contribution in [0.4, 0.5) is 8.78 Å². The first-order valence-electron chi connectivity index (χ1n) is 8.11. The monoisotopic (exact) mass is 347 g/mol. The molecule has 25 heavy (non-hydrogen) atoms. The van der Waals surface area contributed by atoms with Gasteiger partial charge in [-0.1, -0.05) is 36.8 Å². The van der Waals surface area contributed by atoms with E-state index in [1.165, 1.54) is 6.20 Å². The second-order valence-corrected chi connectivity index (χ2v) is 6.29. The van der Waals surface area contributed by atoms with E-state index in [4.69, 9.17) is 0 Å². The van der Waals surface area contributed by atoms with Crippen LogP contribution < -0.4 is 0 Å². The Hall–Kier alpha value is -2.57. The molecule has 1 aliphatic rings. The Labute approximate surface area is 144 Å². The minimum absolute atomic E-state index is 0.00694. The highest BCUT2D eigenvalue weighted by Gasteiger charge is 2.51. The molecule has 2 heterocycles. The van der Waals surface area contributed by atoms with Crippen molar-refractivity contribution in [3.8, 4) is 0 Å². The van der Waals surface area contributed by atoms with Gasteiger partial charge in [0, 0.05) is 18.8 Å². The lowest BCUT2D eigenvalue weighted by Gasteiger charge is -2.26. The van der Waals surface area contributed by atoms with E-state index in [1.54, 1.807) is 0 Å². The first-order chi connectivity index (χ1) is 11.9. The molecule has 132 valence electrons. The fourth-order valence-electron chi connectivity index (χ4n) is 3.32. The Balaban J connectivity index is 1.93. The summed E-state index contributed by atoms with van der Waals surface area (Å²) >= 11 is 0. The molecule has 0 aliphatic carbocycles. The second kappa shape index (κ2) is 6.38. The van der Waals surface area contributed by atoms with E-state index in [1.807, 2.05) is 38.1 Å². The van der Waals surface area contributed by atoms with E-state index in [2.05, 4.69) is 4.98 Å². The Morgan fingerprint density at radius 2 is 1.92 bits per heavy atom. The zero-order valence-electron chi connectivity index (χ0n) is 14.1. The molecular weight excluding hydrogens is 328 g/mol. The molecule has 1 saturated heterocycles. The lowest BCUT2D eigenvalue weighted by Crippen LogP contribution is -2.38. The molecule has 1 fully saturated rings. The summed E-state index contributed by atoms with van der Waals surface area (Å²) < 4.78 is 26.6. The summed E-state index contributed by atoms with van der Waals surface area (Å²) in [5.74, 6) is -0.726. The van der Waals surface area contributed by atoms with Gasteiger partial charge in [-0.2, -0.15) is 8.78 Å². The fourth-order valence-corrected chi connectivity index (χ4v) is 3.32. The highest BCUT2D eigenvalue weighted by atomic mass is 19.3. The predicted molar refractivity (Wildman–Crippen MR) is 86.8 cm³/mol. The highest BCUT2D eigenvalue weighted by molar-refractivity contribution is 6.08. The topological polar surface area (TPSA) is 55.2 Å². The molecule has 7 heteroatoms. The third-order valence-corrected chi connectivity index (χ3v) is 4.87. The fraction of sp³-hybridized carbons (Fsp3) is 0.389. The Kier molecular flexibility index (Phi) is 4.41. The Morgan fingerprint density at radius 3 is 2.52 bits per heavy atom. The second-order valence-electron chi connectivity index (χ2n) is 6.29. The number of halogens is 2. The van der Waals surface area contributed by atoms with Crippen LogP contribution in [-0.2, 0) is 21.5 Å². The summed E-state index contributed by atoms with van der Waals surface area (Å²) in [5, 5.41) is 0. The van der Waals surface area contributed by atoms with Crippen molar-refractivity contribution in [2.24, 2.45) is 0 Å². The van der Waals surface area contributed by atoms with Crippen molar-refractivity contribution in [2.75, 3.05) is 0 Å². The summed E-state index contributed by atoms with van der Waals surface area (Å²) in [4.78, 5) is 30.4. The van der Waals surface area contributed by atoms with Gasteiger partial charge in [0.05, 0.1) is 12.0 Å². The van der Waals surface area contributed by atoms with Crippen molar-refractivity contribution < 1.29 is 18.4 Å². The van der Waals surface area contributed by atoms with Crippen LogP contribution in [0.3, 0.4) is 0 Å². The molecular formula is C18H19F2N3O2. The Bertz CT molecular complexity index is 801. The molecule has 1 aromatic heterocycles. The zero-order valence-corrected chi connectivity index (χ0v) is 14.1. The number of carbonyl (C=O) groups is 2. The van der Waals surface area contributed by atoms with Gasteiger partial charge in [0.2, 0.25) is 11.8 Å². The van der Waals surface area contributed by atoms with Gasteiger partial charge in [0.15, 0.2) is 0 Å². The SMILES string of the molecule is CCC1(c2ccc(C)cc2)CC(=O)N(Cc2nccn2C(F)F)C1=O. The smallest absolute Gasteiger partial charge is 0.276 e. The van der Waals surface area contributed by atoms with Crippen LogP contribution in [0.1, 0.15) is 43.3 Å². The van der Waals surface area contributed by atoms with Crippen molar-refractivity contribution in [1.29, 1.82) is 0 Å². The van der Waals surface area contributed by atoms with Crippen LogP contribution in [0.5, 0.6) is 0 Å². The van der Waals surface area contributed by atoms with Gasteiger partial charge in [-0.15, -0.1) is 0 Å². The molecule has 0 radical (unpaired) electrons. The van der Waals surface area contributed by atoms with Gasteiger partial charge in [-0.3, -0.25) is 19.1 Å². The maximum atomic E-state index is 13.0. The number of nitrogens with zero attached hydrogens (tertiary/aromatic N) is 3. The quantitative estimate of drug-likeness (QED) is 0.781. The molecule has 0 N–H and O–H groups in total. The summed E-state index contributed by atoms with van der Waals surface area (Å²) in [6, 6.07) is 7.51. The molecule has 2 aromatic rings. The number of rotatable bonds is 5. The number of benzene rings is 1. The van der Waals surface area contributed by atoms with E-state index in [0.717, 1.165) is 22.2 Å². The Morgan fingerprint density at radius 1 is 1.24 bits per heavy atom. The van der Waals surface area contributed by atoms with Crippen LogP contribution in [0, 0.1) is 6.92 Å². The number of imidazole rings is 1. The summed E-state index contributed by atoms with van der Waals surface area (Å²) in [7, 11) is 0. The lowest BCUT2D eigenvalue weighted by atomic mass is 9.76. The minimum Gasteiger partial charge on any atom is -0.276 e. The average Bonchev–Trinajstić information content (AvgIpc) is 3.14. The molecule has 2 amide bonds. The van der Waals surface area contributed by atoms with Crippen LogP contribution in [0.15, 0.2) is 36.7 Å². The summed E-state index contributed by atoms with van der Waals surface area (Å²) in [6.07, 6.45) is 2.87. The number of hydrogen-bond donors (Lipinski definition) is 0. The molecule has 1 aromatic carbocycles. The van der Waals surface area contributed by atoms with Gasteiger partial charge in [-0.25, -0.2) is 4.98 Å². The number of amides is 2. The number of carbonyl (C=O) groups excluding carboxylic acids is 2. The van der Waals surface area contributed by atoms with Crippen LogP contribution in [0.25, 0.3) is 0 Å². The summed E-state index contributed by atoms with van der Waals surface area (Å²) in [6.45, 7) is 0.788. The normalized spacial score (nSPS) is 20.8. The van der Waals surface area contributed by atoms with Gasteiger partial charge >= 0.3 is 6.55 Å². The largest absolute Gasteiger partial charge is 0.319 e. The molecule has 0 spiro atoms. The first kappa shape index (κ1) is 17.3. The molecule has 1 unspecified atom stereocenters. The average molecular weight is 347 g/mol. The third-order valence-electron chi connectivity index (χ3n) is 4.87. The standard InChI is InChI=1S/C18H19F2N3O2/c1-3-18(13-6-4-12(2)5-7-13)10-15(24)23(16(18)25)11-14-21-8-9-22(14)17(19)20/h4-9,17H,3,10-11H2,1-2H3.